The molecule has 1 rings (SSSR count). The van der Waals surface area contributed by atoms with Crippen LogP contribution in [0.5, 0.6) is 0 Å². The second-order valence-corrected chi connectivity index (χ2v) is 4.47. The summed E-state index contributed by atoms with van der Waals surface area (Å²) in [5.74, 6) is 0.647. The maximum atomic E-state index is 10.7. The van der Waals surface area contributed by atoms with E-state index >= 15 is 0 Å². The van der Waals surface area contributed by atoms with Gasteiger partial charge in [-0.3, -0.25) is 4.90 Å². The van der Waals surface area contributed by atoms with E-state index in [1.807, 2.05) is 0 Å². The molecule has 1 unspecified atom stereocenters. The van der Waals surface area contributed by atoms with E-state index in [9.17, 15) is 4.79 Å². The molecule has 0 aliphatic carbocycles. The van der Waals surface area contributed by atoms with E-state index in [4.69, 9.17) is 5.11 Å². The van der Waals surface area contributed by atoms with Gasteiger partial charge in [0.25, 0.3) is 0 Å². The summed E-state index contributed by atoms with van der Waals surface area (Å²) in [6, 6.07) is 0.349. The largest absolute Gasteiger partial charge is 0.465 e. The minimum Gasteiger partial charge on any atom is -0.465 e. The number of hydrogen-bond acceptors (Lipinski definition) is 2. The summed E-state index contributed by atoms with van der Waals surface area (Å²) in [7, 11) is 0. The Morgan fingerprint density at radius 1 is 1.50 bits per heavy atom. The number of amides is 1. The molecule has 0 radical (unpaired) electrons. The first-order valence-electron chi connectivity index (χ1n) is 5.22. The minimum absolute atomic E-state index is 0.349. The van der Waals surface area contributed by atoms with Crippen LogP contribution in [0, 0.1) is 5.92 Å². The van der Waals surface area contributed by atoms with Crippen molar-refractivity contribution < 1.29 is 9.90 Å². The van der Waals surface area contributed by atoms with Crippen LogP contribution < -0.4 is 0 Å². The molecule has 1 aliphatic heterocycles. The Hall–Kier alpha value is -0.770. The van der Waals surface area contributed by atoms with E-state index in [-0.39, 0.29) is 0 Å². The molecule has 0 spiro atoms. The van der Waals surface area contributed by atoms with E-state index < -0.39 is 6.09 Å². The molecule has 0 aromatic heterocycles. The van der Waals surface area contributed by atoms with E-state index in [1.54, 1.807) is 0 Å². The third kappa shape index (κ3) is 2.87. The van der Waals surface area contributed by atoms with Crippen LogP contribution in [-0.4, -0.2) is 53.2 Å². The highest BCUT2D eigenvalue weighted by Crippen LogP contribution is 2.11. The Kier molecular flexibility index (Phi) is 3.75. The summed E-state index contributed by atoms with van der Waals surface area (Å²) in [5, 5.41) is 8.83. The van der Waals surface area contributed by atoms with Crippen LogP contribution in [0.4, 0.5) is 4.79 Å². The summed E-state index contributed by atoms with van der Waals surface area (Å²) >= 11 is 0. The molecule has 1 fully saturated rings. The van der Waals surface area contributed by atoms with Crippen molar-refractivity contribution in [3.63, 3.8) is 0 Å². The van der Waals surface area contributed by atoms with Crippen molar-refractivity contribution in [2.24, 2.45) is 5.92 Å². The Morgan fingerprint density at radius 2 is 2.14 bits per heavy atom. The van der Waals surface area contributed by atoms with Crippen LogP contribution in [0.2, 0.25) is 0 Å². The number of carbonyl (C=O) groups is 1. The molecule has 0 bridgehead atoms. The maximum Gasteiger partial charge on any atom is 0.407 e. The van der Waals surface area contributed by atoms with Gasteiger partial charge in [0.05, 0.1) is 0 Å². The Morgan fingerprint density at radius 3 is 2.57 bits per heavy atom. The fourth-order valence-electron chi connectivity index (χ4n) is 1.91. The van der Waals surface area contributed by atoms with Crippen LogP contribution in [0.15, 0.2) is 0 Å². The lowest BCUT2D eigenvalue weighted by Gasteiger charge is -2.39. The average Bonchev–Trinajstić information content (AvgIpc) is 2.07. The van der Waals surface area contributed by atoms with Crippen LogP contribution >= 0.6 is 0 Å². The zero-order valence-corrected chi connectivity index (χ0v) is 9.23. The average molecular weight is 200 g/mol. The molecule has 1 atom stereocenters. The van der Waals surface area contributed by atoms with Crippen LogP contribution in [0.25, 0.3) is 0 Å². The van der Waals surface area contributed by atoms with Crippen LogP contribution in [0.1, 0.15) is 20.8 Å². The van der Waals surface area contributed by atoms with Crippen LogP contribution in [0.3, 0.4) is 0 Å². The van der Waals surface area contributed by atoms with Crippen molar-refractivity contribution in [2.75, 3.05) is 26.2 Å². The minimum atomic E-state index is -0.791. The predicted octanol–water partition coefficient (Wildman–Crippen LogP) is 1.33. The van der Waals surface area contributed by atoms with Crippen molar-refractivity contribution >= 4 is 6.09 Å². The summed E-state index contributed by atoms with van der Waals surface area (Å²) < 4.78 is 0. The van der Waals surface area contributed by atoms with Crippen molar-refractivity contribution in [2.45, 2.75) is 26.8 Å². The van der Waals surface area contributed by atoms with Gasteiger partial charge in [-0.05, 0) is 12.8 Å². The molecule has 1 N–H and O–H groups in total. The first-order valence-corrected chi connectivity index (χ1v) is 5.22. The highest BCUT2D eigenvalue weighted by Gasteiger charge is 2.26. The molecule has 1 saturated heterocycles. The SMILES string of the molecule is CC(C)CN1CCN(C(=O)O)CC1C. The third-order valence-electron chi connectivity index (χ3n) is 2.64. The van der Waals surface area contributed by atoms with Gasteiger partial charge in [-0.15, -0.1) is 0 Å². The van der Waals surface area contributed by atoms with Crippen molar-refractivity contribution in [3.05, 3.63) is 0 Å². The third-order valence-corrected chi connectivity index (χ3v) is 2.64. The van der Waals surface area contributed by atoms with E-state index in [2.05, 4.69) is 25.7 Å². The summed E-state index contributed by atoms with van der Waals surface area (Å²) in [5.41, 5.74) is 0. The monoisotopic (exact) mass is 200 g/mol. The number of piperazine rings is 1. The normalized spacial score (nSPS) is 24.3. The van der Waals surface area contributed by atoms with Crippen molar-refractivity contribution in [1.29, 1.82) is 0 Å². The summed E-state index contributed by atoms with van der Waals surface area (Å²) in [6.45, 7) is 9.69. The molecule has 0 saturated carbocycles. The predicted molar refractivity (Wildman–Crippen MR) is 55.5 cm³/mol. The molecule has 82 valence electrons. The molecule has 4 nitrogen and oxygen atoms in total. The van der Waals surface area contributed by atoms with Gasteiger partial charge in [-0.2, -0.15) is 0 Å². The number of carboxylic acid groups (broad SMARTS) is 1. The molecule has 1 amide bonds. The second-order valence-electron chi connectivity index (χ2n) is 4.47. The van der Waals surface area contributed by atoms with Gasteiger partial charge in [0, 0.05) is 32.2 Å². The van der Waals surface area contributed by atoms with Crippen molar-refractivity contribution in [1.82, 2.24) is 9.80 Å². The van der Waals surface area contributed by atoms with Gasteiger partial charge < -0.3 is 10.0 Å². The first kappa shape index (κ1) is 11.3. The molecular formula is C10H20N2O2. The molecule has 14 heavy (non-hydrogen) atoms. The first-order chi connectivity index (χ1) is 6.50. The Balaban J connectivity index is 2.43. The lowest BCUT2D eigenvalue weighted by Crippen LogP contribution is -2.54. The van der Waals surface area contributed by atoms with Crippen LogP contribution in [-0.2, 0) is 0 Å². The smallest absolute Gasteiger partial charge is 0.407 e. The van der Waals surface area contributed by atoms with E-state index in [0.717, 1.165) is 13.1 Å². The van der Waals surface area contributed by atoms with Gasteiger partial charge in [-0.1, -0.05) is 13.8 Å². The number of hydrogen-bond donors (Lipinski definition) is 1. The lowest BCUT2D eigenvalue weighted by atomic mass is 10.1. The Bertz CT molecular complexity index is 206. The van der Waals surface area contributed by atoms with Gasteiger partial charge in [0.15, 0.2) is 0 Å². The van der Waals surface area contributed by atoms with Crippen molar-refractivity contribution in [3.8, 4) is 0 Å². The van der Waals surface area contributed by atoms with Gasteiger partial charge in [0.2, 0.25) is 0 Å². The lowest BCUT2D eigenvalue weighted by molar-refractivity contribution is 0.0689. The van der Waals surface area contributed by atoms with Gasteiger partial charge >= 0.3 is 6.09 Å². The standard InChI is InChI=1S/C10H20N2O2/c1-8(2)6-11-4-5-12(10(13)14)7-9(11)3/h8-9H,4-7H2,1-3H3,(H,13,14). The maximum absolute atomic E-state index is 10.7. The number of rotatable bonds is 2. The zero-order chi connectivity index (χ0) is 10.7. The quantitative estimate of drug-likeness (QED) is 0.731. The van der Waals surface area contributed by atoms with E-state index in [0.29, 0.717) is 25.0 Å². The molecule has 4 heteroatoms. The molecule has 1 aliphatic rings. The highest BCUT2D eigenvalue weighted by molar-refractivity contribution is 5.65. The summed E-state index contributed by atoms with van der Waals surface area (Å²) in [6.07, 6.45) is -0.791. The molecule has 0 aromatic rings. The molecule has 0 aromatic carbocycles. The molecule has 1 heterocycles. The number of nitrogens with zero attached hydrogens (tertiary/aromatic N) is 2. The Labute approximate surface area is 85.5 Å². The molecular weight excluding hydrogens is 180 g/mol. The fraction of sp³-hybridized carbons (Fsp3) is 0.900. The summed E-state index contributed by atoms with van der Waals surface area (Å²) in [4.78, 5) is 14.6. The topological polar surface area (TPSA) is 43.8 Å². The fourth-order valence-corrected chi connectivity index (χ4v) is 1.91. The van der Waals surface area contributed by atoms with Gasteiger partial charge in [-0.25, -0.2) is 4.79 Å². The van der Waals surface area contributed by atoms with E-state index in [1.165, 1.54) is 4.90 Å². The zero-order valence-electron chi connectivity index (χ0n) is 9.23. The highest BCUT2D eigenvalue weighted by atomic mass is 16.4. The second kappa shape index (κ2) is 4.64. The van der Waals surface area contributed by atoms with Gasteiger partial charge in [0.1, 0.15) is 0 Å².